The smallest absolute Gasteiger partial charge is 0.414 e. The van der Waals surface area contributed by atoms with Gasteiger partial charge in [-0.25, -0.2) is 14.5 Å². The molecule has 0 aliphatic carbocycles. The van der Waals surface area contributed by atoms with Gasteiger partial charge in [0.05, 0.1) is 12.6 Å². The Balaban J connectivity index is 1.52. The summed E-state index contributed by atoms with van der Waals surface area (Å²) in [6.07, 6.45) is 1.88. The van der Waals surface area contributed by atoms with Crippen LogP contribution in [0.15, 0.2) is 24.3 Å². The predicted octanol–water partition coefficient (Wildman–Crippen LogP) is 2.73. The summed E-state index contributed by atoms with van der Waals surface area (Å²) in [6.45, 7) is 6.08. The fraction of sp³-hybridized carbons (Fsp3) is 0.500. The van der Waals surface area contributed by atoms with E-state index in [9.17, 15) is 4.79 Å². The van der Waals surface area contributed by atoms with E-state index in [2.05, 4.69) is 34.5 Å². The third-order valence-corrected chi connectivity index (χ3v) is 4.87. The summed E-state index contributed by atoms with van der Waals surface area (Å²) in [6, 6.07) is 8.42. The van der Waals surface area contributed by atoms with Gasteiger partial charge in [0, 0.05) is 18.3 Å². The van der Waals surface area contributed by atoms with Crippen molar-refractivity contribution in [1.82, 2.24) is 20.1 Å². The van der Waals surface area contributed by atoms with E-state index in [1.54, 1.807) is 4.90 Å². The molecule has 25 heavy (non-hydrogen) atoms. The minimum atomic E-state index is -0.270. The van der Waals surface area contributed by atoms with Crippen LogP contribution in [0.5, 0.6) is 0 Å². The van der Waals surface area contributed by atoms with Gasteiger partial charge in [-0.2, -0.15) is 5.10 Å². The average Bonchev–Trinajstić information content (AvgIpc) is 3.20. The lowest BCUT2D eigenvalue weighted by atomic mass is 10.0. The number of hydrogen-bond acceptors (Lipinski definition) is 5. The molecule has 7 nitrogen and oxygen atoms in total. The fourth-order valence-electron chi connectivity index (χ4n) is 3.61. The van der Waals surface area contributed by atoms with Crippen molar-refractivity contribution < 1.29 is 9.53 Å². The van der Waals surface area contributed by atoms with Gasteiger partial charge in [0.2, 0.25) is 0 Å². The highest BCUT2D eigenvalue weighted by Gasteiger charge is 2.26. The highest BCUT2D eigenvalue weighted by atomic mass is 16.6. The maximum atomic E-state index is 11.8. The highest BCUT2D eigenvalue weighted by Crippen LogP contribution is 2.28. The Kier molecular flexibility index (Phi) is 4.17. The number of benzene rings is 1. The number of amides is 1. The molecule has 1 saturated heterocycles. The highest BCUT2D eigenvalue weighted by molar-refractivity contribution is 5.89. The van der Waals surface area contributed by atoms with Gasteiger partial charge in [0.1, 0.15) is 18.3 Å². The summed E-state index contributed by atoms with van der Waals surface area (Å²) < 4.78 is 7.05. The van der Waals surface area contributed by atoms with Gasteiger partial charge in [0.25, 0.3) is 0 Å². The van der Waals surface area contributed by atoms with Crippen molar-refractivity contribution in [2.45, 2.75) is 45.3 Å². The molecule has 2 aromatic rings. The summed E-state index contributed by atoms with van der Waals surface area (Å²) >= 11 is 0. The molecule has 2 aliphatic heterocycles. The van der Waals surface area contributed by atoms with Crippen LogP contribution in [-0.4, -0.2) is 34.0 Å². The first-order chi connectivity index (χ1) is 12.1. The van der Waals surface area contributed by atoms with Crippen molar-refractivity contribution in [2.24, 2.45) is 0 Å². The van der Waals surface area contributed by atoms with E-state index in [1.165, 1.54) is 0 Å². The molecule has 2 atom stereocenters. The SMILES string of the molecule is Cc1nc2n(n1)CCC[C@@H]2N[C@@H](C)c1cccc(N2CCOC2=O)c1. The molecule has 1 amide bonds. The number of nitrogens with one attached hydrogen (secondary N) is 1. The molecule has 132 valence electrons. The summed E-state index contributed by atoms with van der Waals surface area (Å²) in [5.74, 6) is 1.85. The number of nitrogens with zero attached hydrogens (tertiary/aromatic N) is 4. The van der Waals surface area contributed by atoms with Crippen LogP contribution in [0.1, 0.15) is 49.1 Å². The first kappa shape index (κ1) is 16.1. The first-order valence-electron chi connectivity index (χ1n) is 8.83. The number of carbonyl (C=O) groups excluding carboxylic acids is 1. The zero-order valence-electron chi connectivity index (χ0n) is 14.6. The van der Waals surface area contributed by atoms with Gasteiger partial charge >= 0.3 is 6.09 Å². The molecule has 2 aliphatic rings. The minimum absolute atomic E-state index is 0.145. The molecule has 1 fully saturated rings. The van der Waals surface area contributed by atoms with Crippen molar-refractivity contribution in [3.05, 3.63) is 41.5 Å². The quantitative estimate of drug-likeness (QED) is 0.926. The Bertz CT molecular complexity index is 788. The van der Waals surface area contributed by atoms with Crippen molar-refractivity contribution in [3.8, 4) is 0 Å². The third kappa shape index (κ3) is 3.11. The molecule has 4 rings (SSSR count). The van der Waals surface area contributed by atoms with E-state index < -0.39 is 0 Å². The van der Waals surface area contributed by atoms with Crippen molar-refractivity contribution in [2.75, 3.05) is 18.1 Å². The molecule has 1 N–H and O–H groups in total. The van der Waals surface area contributed by atoms with Gasteiger partial charge in [-0.05, 0) is 44.4 Å². The monoisotopic (exact) mass is 341 g/mol. The van der Waals surface area contributed by atoms with Crippen molar-refractivity contribution in [3.63, 3.8) is 0 Å². The number of aromatic nitrogens is 3. The van der Waals surface area contributed by atoms with E-state index in [4.69, 9.17) is 4.74 Å². The number of carbonyl (C=O) groups is 1. The zero-order valence-corrected chi connectivity index (χ0v) is 14.6. The summed E-state index contributed by atoms with van der Waals surface area (Å²) in [7, 11) is 0. The van der Waals surface area contributed by atoms with Gasteiger partial charge < -0.3 is 10.1 Å². The Hall–Kier alpha value is -2.41. The summed E-state index contributed by atoms with van der Waals surface area (Å²) in [4.78, 5) is 18.0. The van der Waals surface area contributed by atoms with E-state index in [1.807, 2.05) is 23.7 Å². The van der Waals surface area contributed by atoms with Gasteiger partial charge in [-0.3, -0.25) is 4.90 Å². The number of ether oxygens (including phenoxy) is 1. The number of rotatable bonds is 4. The minimum Gasteiger partial charge on any atom is -0.447 e. The average molecular weight is 341 g/mol. The van der Waals surface area contributed by atoms with Gasteiger partial charge in [0.15, 0.2) is 0 Å². The van der Waals surface area contributed by atoms with Crippen LogP contribution in [0, 0.1) is 6.92 Å². The number of anilines is 1. The molecule has 0 saturated carbocycles. The standard InChI is InChI=1S/C18H23N5O2/c1-12(19-16-7-4-8-23-17(16)20-13(2)21-23)14-5-3-6-15(11-14)22-9-10-25-18(22)24/h3,5-6,11-12,16,19H,4,7-10H2,1-2H3/t12-,16-/m0/s1. The van der Waals surface area contributed by atoms with E-state index in [-0.39, 0.29) is 18.2 Å². The van der Waals surface area contributed by atoms with Crippen LogP contribution in [0.4, 0.5) is 10.5 Å². The number of fused-ring (bicyclic) bond motifs is 1. The van der Waals surface area contributed by atoms with Crippen LogP contribution >= 0.6 is 0 Å². The third-order valence-electron chi connectivity index (χ3n) is 4.87. The molecular formula is C18H23N5O2. The van der Waals surface area contributed by atoms with E-state index in [0.717, 1.165) is 42.3 Å². The lowest BCUT2D eigenvalue weighted by Crippen LogP contribution is -2.31. The molecule has 3 heterocycles. The largest absolute Gasteiger partial charge is 0.447 e. The molecule has 1 aromatic carbocycles. The van der Waals surface area contributed by atoms with Crippen LogP contribution in [-0.2, 0) is 11.3 Å². The van der Waals surface area contributed by atoms with Gasteiger partial charge in [-0.15, -0.1) is 0 Å². The van der Waals surface area contributed by atoms with Crippen molar-refractivity contribution >= 4 is 11.8 Å². The van der Waals surface area contributed by atoms with E-state index >= 15 is 0 Å². The van der Waals surface area contributed by atoms with Crippen LogP contribution in [0.2, 0.25) is 0 Å². The Morgan fingerprint density at radius 2 is 2.24 bits per heavy atom. The second kappa shape index (κ2) is 6.48. The van der Waals surface area contributed by atoms with Gasteiger partial charge in [-0.1, -0.05) is 12.1 Å². The second-order valence-electron chi connectivity index (χ2n) is 6.68. The normalized spacial score (nSPS) is 21.1. The summed E-state index contributed by atoms with van der Waals surface area (Å²) in [5, 5.41) is 8.14. The number of cyclic esters (lactones) is 1. The number of aryl methyl sites for hydroxylation is 2. The predicted molar refractivity (Wildman–Crippen MR) is 93.4 cm³/mol. The molecular weight excluding hydrogens is 318 g/mol. The fourth-order valence-corrected chi connectivity index (χ4v) is 3.61. The molecule has 1 aromatic heterocycles. The Morgan fingerprint density at radius 1 is 1.36 bits per heavy atom. The molecule has 0 spiro atoms. The lowest BCUT2D eigenvalue weighted by molar-refractivity contribution is 0.181. The molecule has 0 bridgehead atoms. The second-order valence-corrected chi connectivity index (χ2v) is 6.68. The molecule has 7 heteroatoms. The Labute approximate surface area is 147 Å². The van der Waals surface area contributed by atoms with Crippen LogP contribution in [0.25, 0.3) is 0 Å². The maximum absolute atomic E-state index is 11.8. The first-order valence-corrected chi connectivity index (χ1v) is 8.83. The van der Waals surface area contributed by atoms with E-state index in [0.29, 0.717) is 13.2 Å². The van der Waals surface area contributed by atoms with Crippen LogP contribution in [0.3, 0.4) is 0 Å². The van der Waals surface area contributed by atoms with Crippen LogP contribution < -0.4 is 10.2 Å². The maximum Gasteiger partial charge on any atom is 0.414 e. The number of hydrogen-bond donors (Lipinski definition) is 1. The lowest BCUT2D eigenvalue weighted by Gasteiger charge is -2.27. The Morgan fingerprint density at radius 3 is 3.04 bits per heavy atom. The van der Waals surface area contributed by atoms with Crippen molar-refractivity contribution in [1.29, 1.82) is 0 Å². The molecule has 0 radical (unpaired) electrons. The summed E-state index contributed by atoms with van der Waals surface area (Å²) in [5.41, 5.74) is 2.03. The zero-order chi connectivity index (χ0) is 17.4. The topological polar surface area (TPSA) is 72.3 Å². The molecule has 0 unspecified atom stereocenters.